The molecule has 0 bridgehead atoms. The van der Waals surface area contributed by atoms with Gasteiger partial charge in [-0.25, -0.2) is 9.67 Å². The second-order valence-electron chi connectivity index (χ2n) is 6.77. The van der Waals surface area contributed by atoms with E-state index in [4.69, 9.17) is 11.6 Å². The number of anilines is 1. The average molecular weight is 430 g/mol. The van der Waals surface area contributed by atoms with Crippen LogP contribution in [0.2, 0.25) is 5.02 Å². The molecular weight excluding hydrogens is 406 g/mol. The fourth-order valence-corrected chi connectivity index (χ4v) is 3.11. The van der Waals surface area contributed by atoms with Crippen molar-refractivity contribution in [2.75, 3.05) is 18.5 Å². The Morgan fingerprint density at radius 3 is 2.77 bits per heavy atom. The van der Waals surface area contributed by atoms with Crippen LogP contribution in [0.1, 0.15) is 35.3 Å². The molecule has 0 saturated heterocycles. The van der Waals surface area contributed by atoms with Gasteiger partial charge in [0.2, 0.25) is 0 Å². The number of carbonyl (C=O) groups excluding carboxylic acids is 1. The van der Waals surface area contributed by atoms with Crippen molar-refractivity contribution < 1.29 is 15.0 Å². The van der Waals surface area contributed by atoms with Crippen molar-refractivity contribution in [3.05, 3.63) is 71.1 Å². The van der Waals surface area contributed by atoms with E-state index in [1.165, 1.54) is 6.20 Å². The predicted molar refractivity (Wildman–Crippen MR) is 115 cm³/mol. The first kappa shape index (κ1) is 21.8. The van der Waals surface area contributed by atoms with Crippen molar-refractivity contribution in [1.82, 2.24) is 20.1 Å². The van der Waals surface area contributed by atoms with Crippen LogP contribution < -0.4 is 10.6 Å². The summed E-state index contributed by atoms with van der Waals surface area (Å²) in [4.78, 5) is 16.9. The van der Waals surface area contributed by atoms with Crippen LogP contribution in [0.5, 0.6) is 0 Å². The summed E-state index contributed by atoms with van der Waals surface area (Å²) in [5, 5.41) is 29.8. The Bertz CT molecular complexity index is 990. The van der Waals surface area contributed by atoms with Gasteiger partial charge in [-0.15, -0.1) is 0 Å². The number of aliphatic hydroxyl groups excluding tert-OH is 2. The Morgan fingerprint density at radius 2 is 2.07 bits per heavy atom. The van der Waals surface area contributed by atoms with Gasteiger partial charge in [-0.1, -0.05) is 30.7 Å². The summed E-state index contributed by atoms with van der Waals surface area (Å²) < 4.78 is 1.56. The molecule has 0 spiro atoms. The van der Waals surface area contributed by atoms with E-state index in [1.807, 2.05) is 6.92 Å². The zero-order chi connectivity index (χ0) is 21.5. The topological polar surface area (TPSA) is 112 Å². The third kappa shape index (κ3) is 5.35. The SMILES string of the molecule is CC[C@@H](CO)Nc1cc(-n2cc(C(=O)NC(CO)c3cccc(Cl)c3)cn2)ccn1. The minimum absolute atomic E-state index is 0.00709. The molecule has 4 N–H and O–H groups in total. The van der Waals surface area contributed by atoms with Gasteiger partial charge in [0, 0.05) is 23.5 Å². The molecule has 0 saturated carbocycles. The van der Waals surface area contributed by atoms with Crippen LogP contribution in [0.15, 0.2) is 55.0 Å². The molecule has 1 amide bonds. The number of nitrogens with zero attached hydrogens (tertiary/aromatic N) is 3. The molecule has 0 aliphatic heterocycles. The minimum atomic E-state index is -0.583. The quantitative estimate of drug-likeness (QED) is 0.416. The van der Waals surface area contributed by atoms with E-state index < -0.39 is 6.04 Å². The highest BCUT2D eigenvalue weighted by Gasteiger charge is 2.17. The van der Waals surface area contributed by atoms with Crippen molar-refractivity contribution in [1.29, 1.82) is 0 Å². The molecule has 2 heterocycles. The molecule has 30 heavy (non-hydrogen) atoms. The Labute approximate surface area is 179 Å². The van der Waals surface area contributed by atoms with Crippen LogP contribution in [0.4, 0.5) is 5.82 Å². The number of nitrogens with one attached hydrogen (secondary N) is 2. The van der Waals surface area contributed by atoms with E-state index in [0.29, 0.717) is 27.7 Å². The fourth-order valence-electron chi connectivity index (χ4n) is 2.91. The number of halogens is 1. The lowest BCUT2D eigenvalue weighted by Gasteiger charge is -2.16. The van der Waals surface area contributed by atoms with Crippen LogP contribution in [-0.4, -0.2) is 50.1 Å². The smallest absolute Gasteiger partial charge is 0.255 e. The van der Waals surface area contributed by atoms with Gasteiger partial charge in [0.1, 0.15) is 5.82 Å². The molecule has 3 aromatic rings. The Balaban J connectivity index is 1.73. The molecule has 1 unspecified atom stereocenters. The Morgan fingerprint density at radius 1 is 1.23 bits per heavy atom. The molecule has 0 aliphatic rings. The second-order valence-corrected chi connectivity index (χ2v) is 7.21. The lowest BCUT2D eigenvalue weighted by atomic mass is 10.1. The van der Waals surface area contributed by atoms with Crippen molar-refractivity contribution in [3.63, 3.8) is 0 Å². The molecule has 0 aliphatic carbocycles. The van der Waals surface area contributed by atoms with E-state index in [9.17, 15) is 15.0 Å². The van der Waals surface area contributed by atoms with Crippen LogP contribution in [0, 0.1) is 0 Å². The summed E-state index contributed by atoms with van der Waals surface area (Å²) >= 11 is 6.00. The molecule has 158 valence electrons. The number of pyridine rings is 1. The van der Waals surface area contributed by atoms with E-state index in [2.05, 4.69) is 20.7 Å². The van der Waals surface area contributed by atoms with Gasteiger partial charge in [0.05, 0.1) is 42.7 Å². The monoisotopic (exact) mass is 429 g/mol. The highest BCUT2D eigenvalue weighted by atomic mass is 35.5. The second kappa shape index (κ2) is 10.2. The van der Waals surface area contributed by atoms with E-state index in [1.54, 1.807) is 53.5 Å². The van der Waals surface area contributed by atoms with E-state index in [0.717, 1.165) is 6.42 Å². The molecule has 2 atom stereocenters. The average Bonchev–Trinajstić information content (AvgIpc) is 3.26. The number of amides is 1. The van der Waals surface area contributed by atoms with Crippen molar-refractivity contribution in [2.45, 2.75) is 25.4 Å². The van der Waals surface area contributed by atoms with Crippen molar-refractivity contribution in [2.24, 2.45) is 0 Å². The number of hydrogen-bond acceptors (Lipinski definition) is 6. The lowest BCUT2D eigenvalue weighted by Crippen LogP contribution is -2.30. The molecule has 0 radical (unpaired) electrons. The number of hydrogen-bond donors (Lipinski definition) is 4. The minimum Gasteiger partial charge on any atom is -0.394 e. The maximum atomic E-state index is 12.6. The van der Waals surface area contributed by atoms with E-state index >= 15 is 0 Å². The van der Waals surface area contributed by atoms with Gasteiger partial charge in [-0.2, -0.15) is 5.10 Å². The van der Waals surface area contributed by atoms with Crippen LogP contribution >= 0.6 is 11.6 Å². The highest BCUT2D eigenvalue weighted by molar-refractivity contribution is 6.30. The van der Waals surface area contributed by atoms with Crippen LogP contribution in [0.3, 0.4) is 0 Å². The third-order valence-corrected chi connectivity index (χ3v) is 4.89. The first-order valence-corrected chi connectivity index (χ1v) is 9.97. The van der Waals surface area contributed by atoms with Gasteiger partial charge in [-0.3, -0.25) is 4.79 Å². The fraction of sp³-hybridized carbons (Fsp3) is 0.286. The zero-order valence-corrected chi connectivity index (χ0v) is 17.3. The van der Waals surface area contributed by atoms with Crippen LogP contribution in [-0.2, 0) is 0 Å². The molecule has 8 nitrogen and oxygen atoms in total. The number of carbonyl (C=O) groups is 1. The summed E-state index contributed by atoms with van der Waals surface area (Å²) in [6.07, 6.45) is 5.44. The highest BCUT2D eigenvalue weighted by Crippen LogP contribution is 2.19. The molecule has 2 aromatic heterocycles. The van der Waals surface area contributed by atoms with Gasteiger partial charge >= 0.3 is 0 Å². The van der Waals surface area contributed by atoms with Gasteiger partial charge in [-0.05, 0) is 30.2 Å². The summed E-state index contributed by atoms with van der Waals surface area (Å²) in [6.45, 7) is 1.72. The van der Waals surface area contributed by atoms with Gasteiger partial charge in [0.15, 0.2) is 0 Å². The van der Waals surface area contributed by atoms with Gasteiger partial charge in [0.25, 0.3) is 5.91 Å². The standard InChI is InChI=1S/C21H24ClN5O3/c1-2-17(12-28)25-20-9-18(6-7-23-20)27-11-15(10-24-27)21(30)26-19(13-29)14-4-3-5-16(22)8-14/h3-11,17,19,28-29H,2,12-13H2,1H3,(H,23,25)(H,26,30)/t17-,19?/m0/s1. The summed E-state index contributed by atoms with van der Waals surface area (Å²) in [7, 11) is 0. The zero-order valence-electron chi connectivity index (χ0n) is 16.5. The molecule has 0 fully saturated rings. The first-order chi connectivity index (χ1) is 14.5. The molecule has 1 aromatic carbocycles. The summed E-state index contributed by atoms with van der Waals surface area (Å²) in [6, 6.07) is 9.86. The summed E-state index contributed by atoms with van der Waals surface area (Å²) in [5.41, 5.74) is 1.78. The molecule has 9 heteroatoms. The molecule has 3 rings (SSSR count). The number of benzene rings is 1. The maximum Gasteiger partial charge on any atom is 0.255 e. The van der Waals surface area contributed by atoms with Crippen molar-refractivity contribution >= 4 is 23.3 Å². The lowest BCUT2D eigenvalue weighted by molar-refractivity contribution is 0.0916. The Hall–Kier alpha value is -2.94. The normalized spacial score (nSPS) is 12.9. The largest absolute Gasteiger partial charge is 0.394 e. The van der Waals surface area contributed by atoms with Crippen molar-refractivity contribution in [3.8, 4) is 5.69 Å². The molecular formula is C21H24ClN5O3. The predicted octanol–water partition coefficient (Wildman–Crippen LogP) is 2.57. The maximum absolute atomic E-state index is 12.6. The van der Waals surface area contributed by atoms with Gasteiger partial charge < -0.3 is 20.8 Å². The van der Waals surface area contributed by atoms with E-state index in [-0.39, 0.29) is 25.2 Å². The number of aromatic nitrogens is 3. The Kier molecular flexibility index (Phi) is 7.40. The number of rotatable bonds is 9. The first-order valence-electron chi connectivity index (χ1n) is 9.59. The summed E-state index contributed by atoms with van der Waals surface area (Å²) in [5.74, 6) is 0.246. The third-order valence-electron chi connectivity index (χ3n) is 4.66. The van der Waals surface area contributed by atoms with Crippen LogP contribution in [0.25, 0.3) is 5.69 Å². The number of aliphatic hydroxyl groups is 2.